The highest BCUT2D eigenvalue weighted by atomic mass is 79.9. The maximum Gasteiger partial charge on any atom is 0.343 e. The number of hydrogen-bond donors (Lipinski definition) is 1. The van der Waals surface area contributed by atoms with Crippen molar-refractivity contribution in [1.82, 2.24) is 4.98 Å². The summed E-state index contributed by atoms with van der Waals surface area (Å²) in [5.41, 5.74) is 5.21. The molecule has 0 saturated carbocycles. The molecular weight excluding hydrogens is 402 g/mol. The average Bonchev–Trinajstić information content (AvgIpc) is 3.02. The van der Waals surface area contributed by atoms with Crippen LogP contribution in [0.25, 0.3) is 0 Å². The Labute approximate surface area is 157 Å². The van der Waals surface area contributed by atoms with Gasteiger partial charge in [0.25, 0.3) is 0 Å². The monoisotopic (exact) mass is 415 g/mol. The Morgan fingerprint density at radius 2 is 1.92 bits per heavy atom. The molecule has 0 saturated heterocycles. The van der Waals surface area contributed by atoms with Gasteiger partial charge in [0.1, 0.15) is 5.75 Å². The first-order valence-electron chi connectivity index (χ1n) is 7.39. The second-order valence-corrected chi connectivity index (χ2v) is 6.90. The highest BCUT2D eigenvalue weighted by Gasteiger charge is 2.08. The Hall–Kier alpha value is -2.51. The van der Waals surface area contributed by atoms with Gasteiger partial charge in [-0.1, -0.05) is 15.9 Å². The van der Waals surface area contributed by atoms with Gasteiger partial charge in [-0.2, -0.15) is 5.10 Å². The molecule has 1 aromatic heterocycles. The van der Waals surface area contributed by atoms with E-state index < -0.39 is 5.97 Å². The third kappa shape index (κ3) is 4.98. The molecule has 1 heterocycles. The lowest BCUT2D eigenvalue weighted by atomic mass is 10.2. The number of anilines is 1. The smallest absolute Gasteiger partial charge is 0.343 e. The molecule has 5 nitrogen and oxygen atoms in total. The quantitative estimate of drug-likeness (QED) is 0.279. The SMILES string of the molecule is Cc1csc(N/N=C\c2ccc(OC(=O)c3ccc(Br)cc3)cc2)n1. The normalized spacial score (nSPS) is 10.8. The van der Waals surface area contributed by atoms with E-state index in [0.717, 1.165) is 20.9 Å². The number of aromatic nitrogens is 1. The Morgan fingerprint density at radius 1 is 1.20 bits per heavy atom. The molecule has 3 rings (SSSR count). The van der Waals surface area contributed by atoms with Crippen molar-refractivity contribution >= 4 is 44.6 Å². The number of carbonyl (C=O) groups is 1. The molecule has 25 heavy (non-hydrogen) atoms. The molecule has 0 amide bonds. The Balaban J connectivity index is 1.58. The van der Waals surface area contributed by atoms with E-state index in [1.165, 1.54) is 11.3 Å². The van der Waals surface area contributed by atoms with Gasteiger partial charge in [-0.3, -0.25) is 5.43 Å². The van der Waals surface area contributed by atoms with Crippen LogP contribution in [-0.4, -0.2) is 17.2 Å². The topological polar surface area (TPSA) is 63.6 Å². The summed E-state index contributed by atoms with van der Waals surface area (Å²) in [6, 6.07) is 14.1. The predicted octanol–water partition coefficient (Wildman–Crippen LogP) is 4.88. The van der Waals surface area contributed by atoms with Gasteiger partial charge in [-0.05, 0) is 61.0 Å². The van der Waals surface area contributed by atoms with Crippen molar-refractivity contribution < 1.29 is 9.53 Å². The predicted molar refractivity (Wildman–Crippen MR) is 104 cm³/mol. The molecule has 0 bridgehead atoms. The van der Waals surface area contributed by atoms with Crippen molar-refractivity contribution in [2.24, 2.45) is 5.10 Å². The molecule has 0 aliphatic rings. The summed E-state index contributed by atoms with van der Waals surface area (Å²) in [6.07, 6.45) is 1.68. The summed E-state index contributed by atoms with van der Waals surface area (Å²) >= 11 is 4.83. The average molecular weight is 416 g/mol. The largest absolute Gasteiger partial charge is 0.423 e. The highest BCUT2D eigenvalue weighted by molar-refractivity contribution is 9.10. The number of carbonyl (C=O) groups excluding carboxylic acids is 1. The van der Waals surface area contributed by atoms with Crippen molar-refractivity contribution in [1.29, 1.82) is 0 Å². The van der Waals surface area contributed by atoms with Crippen LogP contribution in [0, 0.1) is 6.92 Å². The molecule has 0 aliphatic heterocycles. The molecule has 0 atom stereocenters. The molecule has 0 unspecified atom stereocenters. The van der Waals surface area contributed by atoms with Crippen LogP contribution < -0.4 is 10.2 Å². The molecule has 7 heteroatoms. The lowest BCUT2D eigenvalue weighted by Gasteiger charge is -2.04. The summed E-state index contributed by atoms with van der Waals surface area (Å²) in [6.45, 7) is 1.93. The fourth-order valence-corrected chi connectivity index (χ4v) is 2.84. The Kier molecular flexibility index (Phi) is 5.57. The summed E-state index contributed by atoms with van der Waals surface area (Å²) in [7, 11) is 0. The van der Waals surface area contributed by atoms with Gasteiger partial charge in [0, 0.05) is 9.85 Å². The number of nitrogens with zero attached hydrogens (tertiary/aromatic N) is 2. The summed E-state index contributed by atoms with van der Waals surface area (Å²) in [4.78, 5) is 16.3. The minimum Gasteiger partial charge on any atom is -0.423 e. The highest BCUT2D eigenvalue weighted by Crippen LogP contribution is 2.16. The molecule has 3 aromatic rings. The lowest BCUT2D eigenvalue weighted by Crippen LogP contribution is -2.08. The first kappa shape index (κ1) is 17.3. The second kappa shape index (κ2) is 8.04. The van der Waals surface area contributed by atoms with E-state index in [-0.39, 0.29) is 0 Å². The van der Waals surface area contributed by atoms with Crippen LogP contribution in [0.2, 0.25) is 0 Å². The number of aryl methyl sites for hydroxylation is 1. The molecule has 1 N–H and O–H groups in total. The van der Waals surface area contributed by atoms with Gasteiger partial charge < -0.3 is 4.74 Å². The minimum absolute atomic E-state index is 0.394. The van der Waals surface area contributed by atoms with Crippen LogP contribution in [0.15, 0.2) is 63.5 Å². The van der Waals surface area contributed by atoms with E-state index in [1.807, 2.05) is 24.4 Å². The van der Waals surface area contributed by atoms with Gasteiger partial charge in [0.2, 0.25) is 5.13 Å². The molecular formula is C18H14BrN3O2S. The van der Waals surface area contributed by atoms with Crippen molar-refractivity contribution in [3.63, 3.8) is 0 Å². The van der Waals surface area contributed by atoms with Crippen LogP contribution in [0.3, 0.4) is 0 Å². The van der Waals surface area contributed by atoms with E-state index in [0.29, 0.717) is 11.3 Å². The molecule has 0 aliphatic carbocycles. The fourth-order valence-electron chi connectivity index (χ4n) is 1.94. The standard InChI is InChI=1S/C18H14BrN3O2S/c1-12-11-25-18(21-12)22-20-10-13-2-8-16(9-3-13)24-17(23)14-4-6-15(19)7-5-14/h2-11H,1H3,(H,21,22)/b20-10-. The summed E-state index contributed by atoms with van der Waals surface area (Å²) < 4.78 is 6.26. The molecule has 126 valence electrons. The van der Waals surface area contributed by atoms with Gasteiger partial charge >= 0.3 is 5.97 Å². The van der Waals surface area contributed by atoms with Gasteiger partial charge in [-0.15, -0.1) is 11.3 Å². The molecule has 0 radical (unpaired) electrons. The third-order valence-corrected chi connectivity index (χ3v) is 4.56. The zero-order valence-electron chi connectivity index (χ0n) is 13.3. The van der Waals surface area contributed by atoms with E-state index in [1.54, 1.807) is 42.6 Å². The van der Waals surface area contributed by atoms with E-state index in [4.69, 9.17) is 4.74 Å². The molecule has 0 fully saturated rings. The molecule has 2 aromatic carbocycles. The summed E-state index contributed by atoms with van der Waals surface area (Å²) in [5, 5.41) is 6.83. The Bertz CT molecular complexity index is 889. The van der Waals surface area contributed by atoms with Crippen LogP contribution in [0.5, 0.6) is 5.75 Å². The van der Waals surface area contributed by atoms with Crippen LogP contribution >= 0.6 is 27.3 Å². The number of hydrogen-bond acceptors (Lipinski definition) is 6. The van der Waals surface area contributed by atoms with Crippen LogP contribution in [0.4, 0.5) is 5.13 Å². The first-order chi connectivity index (χ1) is 12.1. The minimum atomic E-state index is -0.394. The Morgan fingerprint density at radius 3 is 2.56 bits per heavy atom. The number of rotatable bonds is 5. The first-order valence-corrected chi connectivity index (χ1v) is 9.06. The summed E-state index contributed by atoms with van der Waals surface area (Å²) in [5.74, 6) is 0.0864. The maximum absolute atomic E-state index is 12.1. The van der Waals surface area contributed by atoms with Crippen molar-refractivity contribution in [3.05, 3.63) is 75.2 Å². The van der Waals surface area contributed by atoms with Crippen molar-refractivity contribution in [2.75, 3.05) is 5.43 Å². The number of hydrazone groups is 1. The van der Waals surface area contributed by atoms with Crippen molar-refractivity contribution in [2.45, 2.75) is 6.92 Å². The number of nitrogens with one attached hydrogen (secondary N) is 1. The number of esters is 1. The van der Waals surface area contributed by atoms with E-state index in [9.17, 15) is 4.79 Å². The van der Waals surface area contributed by atoms with Crippen LogP contribution in [0.1, 0.15) is 21.6 Å². The zero-order valence-corrected chi connectivity index (χ0v) is 15.7. The fraction of sp³-hybridized carbons (Fsp3) is 0.0556. The number of benzene rings is 2. The third-order valence-electron chi connectivity index (χ3n) is 3.16. The number of ether oxygens (including phenoxy) is 1. The van der Waals surface area contributed by atoms with Gasteiger partial charge in [0.05, 0.1) is 17.5 Å². The van der Waals surface area contributed by atoms with Gasteiger partial charge in [-0.25, -0.2) is 9.78 Å². The number of halogens is 1. The van der Waals surface area contributed by atoms with Crippen molar-refractivity contribution in [3.8, 4) is 5.75 Å². The lowest BCUT2D eigenvalue weighted by molar-refractivity contribution is 0.0735. The number of thiazole rings is 1. The van der Waals surface area contributed by atoms with E-state index >= 15 is 0 Å². The van der Waals surface area contributed by atoms with E-state index in [2.05, 4.69) is 31.4 Å². The maximum atomic E-state index is 12.1. The second-order valence-electron chi connectivity index (χ2n) is 5.13. The van der Waals surface area contributed by atoms with Gasteiger partial charge in [0.15, 0.2) is 0 Å². The van der Waals surface area contributed by atoms with Crippen LogP contribution in [-0.2, 0) is 0 Å². The molecule has 0 spiro atoms. The zero-order chi connectivity index (χ0) is 17.6.